The molecule has 1 spiro atoms. The first-order chi connectivity index (χ1) is 22.3. The molecular formula is C43H24O2. The van der Waals surface area contributed by atoms with E-state index in [4.69, 9.17) is 8.83 Å². The molecule has 0 aliphatic heterocycles. The van der Waals surface area contributed by atoms with E-state index >= 15 is 0 Å². The SMILES string of the molecule is c1ccc2c(c1)-c1c(-c3cccc4oc5ccccc5c34)cccc1C21c2ccccc2-c2c1ccc1c2oc2ccccc21. The topological polar surface area (TPSA) is 26.3 Å². The molecule has 2 heteroatoms. The quantitative estimate of drug-likeness (QED) is 0.196. The number of furan rings is 2. The number of para-hydroxylation sites is 2. The maximum atomic E-state index is 6.69. The maximum Gasteiger partial charge on any atom is 0.143 e. The van der Waals surface area contributed by atoms with Crippen molar-refractivity contribution in [3.63, 3.8) is 0 Å². The number of benzene rings is 7. The second-order valence-corrected chi connectivity index (χ2v) is 12.3. The number of fused-ring (bicyclic) bond motifs is 17. The molecule has 208 valence electrons. The molecule has 0 radical (unpaired) electrons. The van der Waals surface area contributed by atoms with Gasteiger partial charge in [-0.3, -0.25) is 0 Å². The highest BCUT2D eigenvalue weighted by Crippen LogP contribution is 2.65. The Morgan fingerprint density at radius 2 is 0.889 bits per heavy atom. The summed E-state index contributed by atoms with van der Waals surface area (Å²) in [6, 6.07) is 52.7. The van der Waals surface area contributed by atoms with Crippen LogP contribution in [0.25, 0.3) is 77.3 Å². The standard InChI is InChI=1S/C43H24O2/c1-5-17-32-29(12-1)39-26(27-16-10-22-38-40(27)31-14-4-8-21-37(31)44-38)15-9-19-34(39)43(32)33-18-6-2-13-30(33)41-35(43)24-23-28-25-11-3-7-20-36(25)45-42(28)41/h1-24H. The number of hydrogen-bond donors (Lipinski definition) is 0. The maximum absolute atomic E-state index is 6.69. The highest BCUT2D eigenvalue weighted by molar-refractivity contribution is 6.16. The van der Waals surface area contributed by atoms with Crippen LogP contribution in [0.5, 0.6) is 0 Å². The van der Waals surface area contributed by atoms with E-state index in [0.717, 1.165) is 43.9 Å². The fourth-order valence-corrected chi connectivity index (χ4v) is 8.67. The summed E-state index contributed by atoms with van der Waals surface area (Å²) < 4.78 is 13.0. The third-order valence-electron chi connectivity index (χ3n) is 10.3. The van der Waals surface area contributed by atoms with Crippen LogP contribution in [-0.4, -0.2) is 0 Å². The van der Waals surface area contributed by atoms with Gasteiger partial charge in [0.2, 0.25) is 0 Å². The molecular weight excluding hydrogens is 548 g/mol. The van der Waals surface area contributed by atoms with Crippen molar-refractivity contribution in [2.75, 3.05) is 0 Å². The molecule has 7 aromatic carbocycles. The van der Waals surface area contributed by atoms with E-state index < -0.39 is 5.41 Å². The van der Waals surface area contributed by atoms with Crippen LogP contribution in [-0.2, 0) is 5.41 Å². The van der Waals surface area contributed by atoms with Crippen molar-refractivity contribution in [2.45, 2.75) is 5.41 Å². The second kappa shape index (κ2) is 8.19. The molecule has 0 fully saturated rings. The zero-order valence-corrected chi connectivity index (χ0v) is 24.2. The zero-order valence-electron chi connectivity index (χ0n) is 24.2. The average Bonchev–Trinajstić information content (AvgIpc) is 3.83. The molecule has 2 aliphatic carbocycles. The molecule has 2 aromatic heterocycles. The summed E-state index contributed by atoms with van der Waals surface area (Å²) in [5.41, 5.74) is 15.9. The average molecular weight is 573 g/mol. The molecule has 9 aromatic rings. The minimum absolute atomic E-state index is 0.465. The van der Waals surface area contributed by atoms with Gasteiger partial charge in [0.1, 0.15) is 22.3 Å². The Bertz CT molecular complexity index is 2720. The Labute approximate surface area is 258 Å². The molecule has 0 bridgehead atoms. The first kappa shape index (κ1) is 23.6. The second-order valence-electron chi connectivity index (χ2n) is 12.3. The molecule has 2 heterocycles. The van der Waals surface area contributed by atoms with E-state index in [0.29, 0.717) is 0 Å². The molecule has 45 heavy (non-hydrogen) atoms. The van der Waals surface area contributed by atoms with Crippen LogP contribution >= 0.6 is 0 Å². The lowest BCUT2D eigenvalue weighted by atomic mass is 9.70. The van der Waals surface area contributed by atoms with E-state index in [2.05, 4.69) is 140 Å². The Morgan fingerprint density at radius 3 is 1.71 bits per heavy atom. The molecule has 0 N–H and O–H groups in total. The van der Waals surface area contributed by atoms with Crippen LogP contribution < -0.4 is 0 Å². The van der Waals surface area contributed by atoms with E-state index in [-0.39, 0.29) is 0 Å². The molecule has 0 amide bonds. The van der Waals surface area contributed by atoms with Crippen LogP contribution in [0.4, 0.5) is 0 Å². The van der Waals surface area contributed by atoms with Gasteiger partial charge in [0.05, 0.1) is 5.41 Å². The van der Waals surface area contributed by atoms with E-state index in [9.17, 15) is 0 Å². The summed E-state index contributed by atoms with van der Waals surface area (Å²) in [6.07, 6.45) is 0. The minimum Gasteiger partial charge on any atom is -0.456 e. The lowest BCUT2D eigenvalue weighted by molar-refractivity contribution is 0.668. The smallest absolute Gasteiger partial charge is 0.143 e. The molecule has 0 saturated carbocycles. The minimum atomic E-state index is -0.465. The van der Waals surface area contributed by atoms with Crippen LogP contribution in [0.2, 0.25) is 0 Å². The Morgan fingerprint density at radius 1 is 0.333 bits per heavy atom. The molecule has 1 unspecified atom stereocenters. The number of hydrogen-bond acceptors (Lipinski definition) is 2. The third kappa shape index (κ3) is 2.73. The van der Waals surface area contributed by atoms with E-state index in [1.165, 1.54) is 55.6 Å². The lowest BCUT2D eigenvalue weighted by Gasteiger charge is -2.30. The third-order valence-corrected chi connectivity index (χ3v) is 10.3. The first-order valence-electron chi connectivity index (χ1n) is 15.5. The van der Waals surface area contributed by atoms with Crippen LogP contribution in [0.1, 0.15) is 22.3 Å². The summed E-state index contributed by atoms with van der Waals surface area (Å²) in [7, 11) is 0. The predicted octanol–water partition coefficient (Wildman–Crippen LogP) is 11.5. The van der Waals surface area contributed by atoms with Gasteiger partial charge in [0.15, 0.2) is 0 Å². The summed E-state index contributed by atoms with van der Waals surface area (Å²) >= 11 is 0. The van der Waals surface area contributed by atoms with Crippen molar-refractivity contribution in [1.82, 2.24) is 0 Å². The van der Waals surface area contributed by atoms with Crippen molar-refractivity contribution < 1.29 is 8.83 Å². The molecule has 0 saturated heterocycles. The fourth-order valence-electron chi connectivity index (χ4n) is 8.67. The van der Waals surface area contributed by atoms with Gasteiger partial charge < -0.3 is 8.83 Å². The summed E-state index contributed by atoms with van der Waals surface area (Å²) in [5.74, 6) is 0. The first-order valence-corrected chi connectivity index (χ1v) is 15.5. The summed E-state index contributed by atoms with van der Waals surface area (Å²) in [6.45, 7) is 0. The highest BCUT2D eigenvalue weighted by Gasteiger charge is 2.53. The predicted molar refractivity (Wildman–Crippen MR) is 183 cm³/mol. The Hall–Kier alpha value is -5.86. The van der Waals surface area contributed by atoms with Gasteiger partial charge in [0, 0.05) is 27.1 Å². The van der Waals surface area contributed by atoms with Crippen molar-refractivity contribution in [2.24, 2.45) is 0 Å². The fraction of sp³-hybridized carbons (Fsp3) is 0.0233. The van der Waals surface area contributed by atoms with Gasteiger partial charge in [-0.1, -0.05) is 127 Å². The van der Waals surface area contributed by atoms with Gasteiger partial charge in [-0.2, -0.15) is 0 Å². The van der Waals surface area contributed by atoms with Crippen LogP contribution in [0.15, 0.2) is 154 Å². The van der Waals surface area contributed by atoms with Gasteiger partial charge in [-0.15, -0.1) is 0 Å². The van der Waals surface area contributed by atoms with Crippen LogP contribution in [0.3, 0.4) is 0 Å². The normalized spacial score (nSPS) is 16.1. The highest BCUT2D eigenvalue weighted by atomic mass is 16.3. The van der Waals surface area contributed by atoms with E-state index in [1.54, 1.807) is 0 Å². The summed E-state index contributed by atoms with van der Waals surface area (Å²) in [4.78, 5) is 0. The Kier molecular flexibility index (Phi) is 4.29. The van der Waals surface area contributed by atoms with Gasteiger partial charge in [0.25, 0.3) is 0 Å². The van der Waals surface area contributed by atoms with Crippen LogP contribution in [0, 0.1) is 0 Å². The zero-order chi connectivity index (χ0) is 29.3. The molecule has 1 atom stereocenters. The lowest BCUT2D eigenvalue weighted by Crippen LogP contribution is -2.25. The molecule has 11 rings (SSSR count). The van der Waals surface area contributed by atoms with E-state index in [1.807, 2.05) is 6.07 Å². The Balaban J connectivity index is 1.30. The van der Waals surface area contributed by atoms with Crippen molar-refractivity contribution in [3.05, 3.63) is 168 Å². The van der Waals surface area contributed by atoms with Crippen molar-refractivity contribution in [1.29, 1.82) is 0 Å². The van der Waals surface area contributed by atoms with Gasteiger partial charge >= 0.3 is 0 Å². The monoisotopic (exact) mass is 572 g/mol. The largest absolute Gasteiger partial charge is 0.456 e. The summed E-state index contributed by atoms with van der Waals surface area (Å²) in [5, 5.41) is 4.63. The molecule has 2 nitrogen and oxygen atoms in total. The van der Waals surface area contributed by atoms with Gasteiger partial charge in [-0.05, 0) is 68.3 Å². The number of rotatable bonds is 1. The van der Waals surface area contributed by atoms with Crippen molar-refractivity contribution in [3.8, 4) is 33.4 Å². The van der Waals surface area contributed by atoms with Crippen molar-refractivity contribution >= 4 is 43.9 Å². The van der Waals surface area contributed by atoms with Gasteiger partial charge in [-0.25, -0.2) is 0 Å². The molecule has 2 aliphatic rings.